The average Bonchev–Trinajstić information content (AvgIpc) is 3.41. The van der Waals surface area contributed by atoms with E-state index in [1.807, 2.05) is 43.8 Å². The molecule has 5 rings (SSSR count). The SMILES string of the molecule is Cc1ncc(-c2c(-c3ccccc3)ncn2Cc2ccc3[nH]ccc3c2)[nH]1. The molecule has 0 radical (unpaired) electrons. The van der Waals surface area contributed by atoms with Crippen molar-refractivity contribution < 1.29 is 0 Å². The Labute approximate surface area is 156 Å². The van der Waals surface area contributed by atoms with Gasteiger partial charge in [-0.3, -0.25) is 0 Å². The van der Waals surface area contributed by atoms with Crippen LogP contribution in [0.2, 0.25) is 0 Å². The third kappa shape index (κ3) is 2.83. The van der Waals surface area contributed by atoms with E-state index >= 15 is 0 Å². The van der Waals surface area contributed by atoms with E-state index in [4.69, 9.17) is 4.98 Å². The third-order valence-corrected chi connectivity index (χ3v) is 4.81. The molecule has 5 heteroatoms. The molecule has 2 N–H and O–H groups in total. The van der Waals surface area contributed by atoms with E-state index in [1.165, 1.54) is 10.9 Å². The molecular weight excluding hydrogens is 334 g/mol. The second-order valence-corrected chi connectivity index (χ2v) is 6.72. The van der Waals surface area contributed by atoms with Crippen LogP contribution in [0, 0.1) is 6.92 Å². The smallest absolute Gasteiger partial charge is 0.103 e. The van der Waals surface area contributed by atoms with Gasteiger partial charge in [0.25, 0.3) is 0 Å². The molecule has 0 atom stereocenters. The molecule has 0 amide bonds. The molecule has 0 saturated heterocycles. The van der Waals surface area contributed by atoms with E-state index in [0.29, 0.717) is 0 Å². The van der Waals surface area contributed by atoms with Crippen LogP contribution in [-0.4, -0.2) is 24.5 Å². The topological polar surface area (TPSA) is 62.3 Å². The van der Waals surface area contributed by atoms with Gasteiger partial charge in [-0.05, 0) is 36.1 Å². The summed E-state index contributed by atoms with van der Waals surface area (Å²) in [6, 6.07) is 18.9. The number of nitrogens with one attached hydrogen (secondary N) is 2. The molecule has 0 bridgehead atoms. The number of rotatable bonds is 4. The molecule has 0 aliphatic carbocycles. The summed E-state index contributed by atoms with van der Waals surface area (Å²) < 4.78 is 2.18. The number of H-pyrrole nitrogens is 2. The molecular formula is C22H19N5. The van der Waals surface area contributed by atoms with Crippen molar-refractivity contribution in [2.75, 3.05) is 0 Å². The van der Waals surface area contributed by atoms with Gasteiger partial charge in [0.1, 0.15) is 5.82 Å². The van der Waals surface area contributed by atoms with E-state index in [0.717, 1.165) is 40.5 Å². The van der Waals surface area contributed by atoms with Crippen molar-refractivity contribution >= 4 is 10.9 Å². The molecule has 0 aliphatic rings. The van der Waals surface area contributed by atoms with Crippen LogP contribution in [0.5, 0.6) is 0 Å². The quantitative estimate of drug-likeness (QED) is 0.488. The first-order valence-corrected chi connectivity index (χ1v) is 8.96. The van der Waals surface area contributed by atoms with E-state index in [9.17, 15) is 0 Å². The Morgan fingerprint density at radius 1 is 1.00 bits per heavy atom. The zero-order valence-corrected chi connectivity index (χ0v) is 15.0. The summed E-state index contributed by atoms with van der Waals surface area (Å²) in [5.74, 6) is 0.894. The van der Waals surface area contributed by atoms with Crippen LogP contribution in [-0.2, 0) is 6.54 Å². The van der Waals surface area contributed by atoms with Crippen molar-refractivity contribution in [1.82, 2.24) is 24.5 Å². The van der Waals surface area contributed by atoms with Crippen molar-refractivity contribution in [3.63, 3.8) is 0 Å². The highest BCUT2D eigenvalue weighted by atomic mass is 15.1. The highest BCUT2D eigenvalue weighted by molar-refractivity contribution is 5.80. The Bertz CT molecular complexity index is 1210. The summed E-state index contributed by atoms with van der Waals surface area (Å²) in [4.78, 5) is 15.7. The van der Waals surface area contributed by atoms with Gasteiger partial charge in [-0.25, -0.2) is 9.97 Å². The second-order valence-electron chi connectivity index (χ2n) is 6.72. The van der Waals surface area contributed by atoms with Crippen LogP contribution in [0.1, 0.15) is 11.4 Å². The number of aromatic amines is 2. The number of nitrogens with zero attached hydrogens (tertiary/aromatic N) is 3. The fourth-order valence-corrected chi connectivity index (χ4v) is 3.53. The molecule has 3 aromatic heterocycles. The van der Waals surface area contributed by atoms with Crippen molar-refractivity contribution in [3.8, 4) is 22.6 Å². The number of benzene rings is 2. The van der Waals surface area contributed by atoms with Crippen LogP contribution < -0.4 is 0 Å². The summed E-state index contributed by atoms with van der Waals surface area (Å²) in [6.07, 6.45) is 5.76. The van der Waals surface area contributed by atoms with Gasteiger partial charge < -0.3 is 14.5 Å². The number of imidazole rings is 2. The Morgan fingerprint density at radius 3 is 2.70 bits per heavy atom. The van der Waals surface area contributed by atoms with Crippen LogP contribution >= 0.6 is 0 Å². The van der Waals surface area contributed by atoms with Gasteiger partial charge in [0.2, 0.25) is 0 Å². The second kappa shape index (κ2) is 6.29. The van der Waals surface area contributed by atoms with Crippen LogP contribution in [0.15, 0.2) is 73.3 Å². The maximum atomic E-state index is 4.73. The molecule has 5 nitrogen and oxygen atoms in total. The first-order chi connectivity index (χ1) is 13.3. The standard InChI is InChI=1S/C22H19N5/c1-15-24-12-20(26-15)22-21(17-5-3-2-4-6-17)25-14-27(22)13-16-7-8-19-18(11-16)9-10-23-19/h2-12,14,23H,13H2,1H3,(H,24,26). The van der Waals surface area contributed by atoms with Crippen molar-refractivity contribution in [3.05, 3.63) is 84.7 Å². The predicted molar refractivity (Wildman–Crippen MR) is 107 cm³/mol. The summed E-state index contributed by atoms with van der Waals surface area (Å²) in [6.45, 7) is 2.71. The highest BCUT2D eigenvalue weighted by Gasteiger charge is 2.17. The average molecular weight is 353 g/mol. The zero-order valence-electron chi connectivity index (χ0n) is 15.0. The minimum absolute atomic E-state index is 0.744. The molecule has 0 fully saturated rings. The van der Waals surface area contributed by atoms with Gasteiger partial charge in [-0.15, -0.1) is 0 Å². The van der Waals surface area contributed by atoms with E-state index in [-0.39, 0.29) is 0 Å². The first kappa shape index (κ1) is 15.6. The maximum absolute atomic E-state index is 4.73. The number of aromatic nitrogens is 5. The lowest BCUT2D eigenvalue weighted by molar-refractivity contribution is 0.804. The minimum Gasteiger partial charge on any atom is -0.361 e. The Balaban J connectivity index is 1.62. The first-order valence-electron chi connectivity index (χ1n) is 8.96. The lowest BCUT2D eigenvalue weighted by Crippen LogP contribution is -2.01. The van der Waals surface area contributed by atoms with Gasteiger partial charge >= 0.3 is 0 Å². The monoisotopic (exact) mass is 353 g/mol. The van der Waals surface area contributed by atoms with E-state index in [1.54, 1.807) is 0 Å². The minimum atomic E-state index is 0.744. The molecule has 0 aliphatic heterocycles. The maximum Gasteiger partial charge on any atom is 0.103 e. The van der Waals surface area contributed by atoms with Crippen molar-refractivity contribution in [1.29, 1.82) is 0 Å². The van der Waals surface area contributed by atoms with Gasteiger partial charge in [0, 0.05) is 23.8 Å². The normalized spacial score (nSPS) is 11.3. The Hall–Kier alpha value is -3.60. The molecule has 0 unspecified atom stereocenters. The summed E-state index contributed by atoms with van der Waals surface area (Å²) in [5.41, 5.74) is 6.47. The van der Waals surface area contributed by atoms with Gasteiger partial charge in [-0.2, -0.15) is 0 Å². The molecule has 27 heavy (non-hydrogen) atoms. The molecule has 2 aromatic carbocycles. The fourth-order valence-electron chi connectivity index (χ4n) is 3.53. The Kier molecular flexibility index (Phi) is 3.64. The lowest BCUT2D eigenvalue weighted by Gasteiger charge is -2.09. The highest BCUT2D eigenvalue weighted by Crippen LogP contribution is 2.31. The largest absolute Gasteiger partial charge is 0.361 e. The van der Waals surface area contributed by atoms with Crippen LogP contribution in [0.25, 0.3) is 33.5 Å². The number of fused-ring (bicyclic) bond motifs is 1. The van der Waals surface area contributed by atoms with Crippen LogP contribution in [0.4, 0.5) is 0 Å². The van der Waals surface area contributed by atoms with Crippen molar-refractivity contribution in [2.45, 2.75) is 13.5 Å². The van der Waals surface area contributed by atoms with Crippen molar-refractivity contribution in [2.24, 2.45) is 0 Å². The molecule has 5 aromatic rings. The van der Waals surface area contributed by atoms with Gasteiger partial charge in [0.15, 0.2) is 0 Å². The predicted octanol–water partition coefficient (Wildman–Crippen LogP) is 4.78. The Morgan fingerprint density at radius 2 is 1.89 bits per heavy atom. The summed E-state index contributed by atoms with van der Waals surface area (Å²) in [7, 11) is 0. The van der Waals surface area contributed by atoms with E-state index < -0.39 is 0 Å². The lowest BCUT2D eigenvalue weighted by atomic mass is 10.1. The molecule has 132 valence electrons. The van der Waals surface area contributed by atoms with Crippen LogP contribution in [0.3, 0.4) is 0 Å². The molecule has 0 saturated carbocycles. The van der Waals surface area contributed by atoms with Gasteiger partial charge in [-0.1, -0.05) is 36.4 Å². The summed E-state index contributed by atoms with van der Waals surface area (Å²) >= 11 is 0. The summed E-state index contributed by atoms with van der Waals surface area (Å²) in [5, 5.41) is 1.22. The number of hydrogen-bond donors (Lipinski definition) is 2. The van der Waals surface area contributed by atoms with E-state index in [2.05, 4.69) is 55.9 Å². The molecule has 3 heterocycles. The fraction of sp³-hybridized carbons (Fsp3) is 0.0909. The zero-order chi connectivity index (χ0) is 18.2. The number of hydrogen-bond acceptors (Lipinski definition) is 2. The third-order valence-electron chi connectivity index (χ3n) is 4.81. The molecule has 0 spiro atoms. The van der Waals surface area contributed by atoms with Gasteiger partial charge in [0.05, 0.1) is 29.6 Å². The number of aryl methyl sites for hydroxylation is 1.